The van der Waals surface area contributed by atoms with Crippen LogP contribution in [-0.2, 0) is 16.3 Å². The van der Waals surface area contributed by atoms with Crippen molar-refractivity contribution in [3.05, 3.63) is 22.2 Å². The van der Waals surface area contributed by atoms with Gasteiger partial charge in [0.05, 0.1) is 0 Å². The molecule has 2 heteroatoms. The molecule has 0 saturated carbocycles. The molecule has 0 fully saturated rings. The Bertz CT molecular complexity index is 221. The first-order chi connectivity index (χ1) is 7.34. The Hall–Kier alpha value is 0.458. The van der Waals surface area contributed by atoms with Gasteiger partial charge in [-0.1, -0.05) is 0 Å². The molecule has 0 nitrogen and oxygen atoms in total. The number of allylic oxidation sites excluding steroid dienone is 4. The van der Waals surface area contributed by atoms with Crippen LogP contribution in [0.1, 0.15) is 51.9 Å². The van der Waals surface area contributed by atoms with Crippen molar-refractivity contribution >= 4 is 9.42 Å². The van der Waals surface area contributed by atoms with Gasteiger partial charge < -0.3 is 0 Å². The SMILES string of the molecule is CCCC[CH2][Pt]([Cl])[C]1=CCCC=CCC1. The molecule has 0 aromatic carbocycles. The topological polar surface area (TPSA) is 0 Å². The molecular weight excluding hydrogens is 387 g/mol. The first kappa shape index (κ1) is 13.5. The third kappa shape index (κ3) is 5.93. The molecule has 1 rings (SSSR count). The standard InChI is InChI=1S/C8H11.C5H11.ClH.Pt/c1-2-4-6-8-7-5-3-1;1-3-5-4-2;;/h1-2,7H,3-6H2;1,3-5H2,2H3;1H;/q;;;+1/p-1. The second kappa shape index (κ2) is 8.59. The van der Waals surface area contributed by atoms with E-state index in [1.807, 2.05) is 0 Å². The minimum absolute atomic E-state index is 1.21. The molecule has 0 aliphatic heterocycles. The Labute approximate surface area is 104 Å². The predicted molar refractivity (Wildman–Crippen MR) is 65.9 cm³/mol. The van der Waals surface area contributed by atoms with Crippen LogP contribution in [0.2, 0.25) is 4.81 Å². The van der Waals surface area contributed by atoms with E-state index in [-0.39, 0.29) is 0 Å². The first-order valence-corrected chi connectivity index (χ1v) is 11.5. The summed E-state index contributed by atoms with van der Waals surface area (Å²) in [5.41, 5.74) is 0. The van der Waals surface area contributed by atoms with Gasteiger partial charge in [0.25, 0.3) is 0 Å². The summed E-state index contributed by atoms with van der Waals surface area (Å²) in [7, 11) is 6.59. The average molecular weight is 409 g/mol. The Morgan fingerprint density at radius 1 is 1.20 bits per heavy atom. The summed E-state index contributed by atoms with van der Waals surface area (Å²) in [5.74, 6) is 0. The summed E-state index contributed by atoms with van der Waals surface area (Å²) in [6, 6.07) is 0. The van der Waals surface area contributed by atoms with E-state index >= 15 is 0 Å². The second-order valence-corrected chi connectivity index (χ2v) is 10.6. The second-order valence-electron chi connectivity index (χ2n) is 3.82. The van der Waals surface area contributed by atoms with Crippen molar-refractivity contribution < 1.29 is 16.3 Å². The molecule has 0 atom stereocenters. The van der Waals surface area contributed by atoms with E-state index in [0.717, 1.165) is 0 Å². The molecular formula is C13H22ClPt. The summed E-state index contributed by atoms with van der Waals surface area (Å²) in [6.07, 6.45) is 15.9. The van der Waals surface area contributed by atoms with Crippen LogP contribution < -0.4 is 0 Å². The van der Waals surface area contributed by atoms with Crippen LogP contribution in [0.25, 0.3) is 0 Å². The molecule has 0 radical (unpaired) electrons. The third-order valence-corrected chi connectivity index (χ3v) is 9.11. The van der Waals surface area contributed by atoms with Crippen LogP contribution in [-0.4, -0.2) is 0 Å². The monoisotopic (exact) mass is 408 g/mol. The van der Waals surface area contributed by atoms with Crippen LogP contribution in [0.15, 0.2) is 22.2 Å². The quantitative estimate of drug-likeness (QED) is 0.423. The third-order valence-electron chi connectivity index (χ3n) is 2.46. The fourth-order valence-corrected chi connectivity index (χ4v) is 6.92. The molecule has 0 N–H and O–H groups in total. The van der Waals surface area contributed by atoms with Gasteiger partial charge in [-0.25, -0.2) is 0 Å². The maximum absolute atomic E-state index is 6.59. The zero-order valence-electron chi connectivity index (χ0n) is 9.58. The van der Waals surface area contributed by atoms with Gasteiger partial charge in [0.1, 0.15) is 0 Å². The number of hydrogen-bond acceptors (Lipinski definition) is 0. The number of halogens is 1. The zero-order valence-corrected chi connectivity index (χ0v) is 12.6. The fraction of sp³-hybridized carbons (Fsp3) is 0.692. The Morgan fingerprint density at radius 3 is 2.80 bits per heavy atom. The van der Waals surface area contributed by atoms with Crippen molar-refractivity contribution in [2.24, 2.45) is 0 Å². The average Bonchev–Trinajstić information content (AvgIpc) is 2.17. The van der Waals surface area contributed by atoms with Gasteiger partial charge in [0.2, 0.25) is 0 Å². The van der Waals surface area contributed by atoms with Crippen LogP contribution in [0.3, 0.4) is 0 Å². The van der Waals surface area contributed by atoms with E-state index in [9.17, 15) is 0 Å². The van der Waals surface area contributed by atoms with E-state index < -0.39 is 16.3 Å². The van der Waals surface area contributed by atoms with Crippen LogP contribution in [0.5, 0.6) is 0 Å². The van der Waals surface area contributed by atoms with Crippen LogP contribution in [0, 0.1) is 0 Å². The van der Waals surface area contributed by atoms with Gasteiger partial charge >= 0.3 is 105 Å². The molecule has 1 aliphatic carbocycles. The van der Waals surface area contributed by atoms with Gasteiger partial charge in [-0.05, 0) is 0 Å². The Kier molecular flexibility index (Phi) is 7.75. The molecule has 15 heavy (non-hydrogen) atoms. The van der Waals surface area contributed by atoms with E-state index in [1.54, 1.807) is 3.96 Å². The zero-order chi connectivity index (χ0) is 10.9. The summed E-state index contributed by atoms with van der Waals surface area (Å²) < 4.78 is 1.64. The molecule has 91 valence electrons. The van der Waals surface area contributed by atoms with E-state index in [4.69, 9.17) is 9.42 Å². The number of hydrogen-bond donors (Lipinski definition) is 0. The summed E-state index contributed by atoms with van der Waals surface area (Å²) in [6.45, 7) is 2.26. The van der Waals surface area contributed by atoms with Crippen molar-refractivity contribution in [3.8, 4) is 0 Å². The normalized spacial score (nSPS) is 18.0. The summed E-state index contributed by atoms with van der Waals surface area (Å²) in [4.78, 5) is 1.32. The molecule has 0 amide bonds. The van der Waals surface area contributed by atoms with Crippen molar-refractivity contribution in [1.29, 1.82) is 0 Å². The van der Waals surface area contributed by atoms with Crippen LogP contribution in [0.4, 0.5) is 0 Å². The van der Waals surface area contributed by atoms with E-state index in [2.05, 4.69) is 25.2 Å². The number of rotatable bonds is 5. The van der Waals surface area contributed by atoms with Gasteiger partial charge in [-0.15, -0.1) is 0 Å². The summed E-state index contributed by atoms with van der Waals surface area (Å²) in [5, 5.41) is 0. The fourth-order valence-electron chi connectivity index (χ4n) is 1.56. The van der Waals surface area contributed by atoms with E-state index in [0.29, 0.717) is 0 Å². The van der Waals surface area contributed by atoms with Gasteiger partial charge in [-0.2, -0.15) is 0 Å². The van der Waals surface area contributed by atoms with Gasteiger partial charge in [-0.3, -0.25) is 0 Å². The van der Waals surface area contributed by atoms with Crippen molar-refractivity contribution in [2.45, 2.75) is 56.7 Å². The molecule has 0 aromatic rings. The molecule has 0 saturated heterocycles. The molecule has 0 bridgehead atoms. The number of unbranched alkanes of at least 4 members (excludes halogenated alkanes) is 2. The minimum atomic E-state index is -1.25. The molecule has 0 unspecified atom stereocenters. The van der Waals surface area contributed by atoms with Crippen molar-refractivity contribution in [3.63, 3.8) is 0 Å². The molecule has 0 aromatic heterocycles. The van der Waals surface area contributed by atoms with Crippen molar-refractivity contribution in [1.82, 2.24) is 0 Å². The van der Waals surface area contributed by atoms with Crippen LogP contribution >= 0.6 is 9.42 Å². The molecule has 1 aliphatic rings. The van der Waals surface area contributed by atoms with Crippen molar-refractivity contribution in [2.75, 3.05) is 0 Å². The van der Waals surface area contributed by atoms with Gasteiger partial charge in [0, 0.05) is 0 Å². The Morgan fingerprint density at radius 2 is 2.00 bits per heavy atom. The Balaban J connectivity index is 2.32. The molecule has 0 spiro atoms. The van der Waals surface area contributed by atoms with Gasteiger partial charge in [0.15, 0.2) is 0 Å². The maximum atomic E-state index is 6.59. The van der Waals surface area contributed by atoms with E-state index in [1.165, 1.54) is 49.8 Å². The summed E-state index contributed by atoms with van der Waals surface area (Å²) >= 11 is -1.25. The first-order valence-electron chi connectivity index (χ1n) is 5.91. The molecule has 0 heterocycles. The predicted octanol–water partition coefficient (Wildman–Crippen LogP) is 5.38.